The molecule has 2 N–H and O–H groups in total. The molecule has 2 saturated heterocycles. The normalized spacial score (nSPS) is 43.4. The summed E-state index contributed by atoms with van der Waals surface area (Å²) in [5, 5.41) is 1.45. The number of rotatable bonds is 1. The van der Waals surface area contributed by atoms with E-state index in [0.717, 1.165) is 12.8 Å². The number of carbonyl (C=O) groups excluding carboxylic acids is 1. The van der Waals surface area contributed by atoms with Crippen molar-refractivity contribution >= 4 is 5.91 Å². The Morgan fingerprint density at radius 2 is 2.18 bits per heavy atom. The predicted octanol–water partition coefficient (Wildman–Crippen LogP) is 0.293. The molecular weight excluding hydrogens is 220 g/mol. The lowest BCUT2D eigenvalue weighted by atomic mass is 9.48. The van der Waals surface area contributed by atoms with E-state index >= 15 is 0 Å². The van der Waals surface area contributed by atoms with E-state index in [1.54, 1.807) is 0 Å². The Bertz CT molecular complexity index is 352. The maximum absolute atomic E-state index is 12.5. The molecule has 0 spiro atoms. The first kappa shape index (κ1) is 11.4. The van der Waals surface area contributed by atoms with Gasteiger partial charge in [-0.3, -0.25) is 9.63 Å². The van der Waals surface area contributed by atoms with Crippen molar-refractivity contribution < 1.29 is 14.4 Å². The van der Waals surface area contributed by atoms with Crippen LogP contribution in [0.5, 0.6) is 0 Å². The van der Waals surface area contributed by atoms with E-state index in [0.29, 0.717) is 19.8 Å². The van der Waals surface area contributed by atoms with Crippen LogP contribution in [0.2, 0.25) is 0 Å². The van der Waals surface area contributed by atoms with E-state index in [1.165, 1.54) is 5.06 Å². The molecule has 1 amide bonds. The summed E-state index contributed by atoms with van der Waals surface area (Å²) in [5.74, 6) is 0.0842. The van der Waals surface area contributed by atoms with Crippen LogP contribution in [0.1, 0.15) is 26.7 Å². The average Bonchev–Trinajstić information content (AvgIpc) is 2.96. The van der Waals surface area contributed by atoms with E-state index < -0.39 is 5.54 Å². The lowest BCUT2D eigenvalue weighted by Gasteiger charge is -2.61. The SMILES string of the molecule is CC1(C)C2OCCC2C1(N)C(=O)N1CCCO1. The van der Waals surface area contributed by atoms with Crippen molar-refractivity contribution in [1.29, 1.82) is 0 Å². The molecule has 5 nitrogen and oxygen atoms in total. The van der Waals surface area contributed by atoms with Gasteiger partial charge in [-0.05, 0) is 12.8 Å². The fraction of sp³-hybridized carbons (Fsp3) is 0.917. The Balaban J connectivity index is 1.87. The summed E-state index contributed by atoms with van der Waals surface area (Å²) in [7, 11) is 0. The van der Waals surface area contributed by atoms with Gasteiger partial charge in [0.05, 0.1) is 19.3 Å². The second-order valence-electron chi connectivity index (χ2n) is 5.87. The van der Waals surface area contributed by atoms with Crippen molar-refractivity contribution in [3.8, 4) is 0 Å². The van der Waals surface area contributed by atoms with Gasteiger partial charge in [0.25, 0.3) is 5.91 Å². The van der Waals surface area contributed by atoms with Crippen LogP contribution in [0.15, 0.2) is 0 Å². The molecule has 17 heavy (non-hydrogen) atoms. The number of carbonyl (C=O) groups is 1. The van der Waals surface area contributed by atoms with Gasteiger partial charge in [0, 0.05) is 17.9 Å². The Hall–Kier alpha value is -0.650. The van der Waals surface area contributed by atoms with Crippen LogP contribution in [-0.2, 0) is 14.4 Å². The Morgan fingerprint density at radius 3 is 2.82 bits per heavy atom. The highest BCUT2D eigenvalue weighted by Gasteiger charge is 2.72. The molecule has 0 bridgehead atoms. The van der Waals surface area contributed by atoms with Gasteiger partial charge >= 0.3 is 0 Å². The van der Waals surface area contributed by atoms with Gasteiger partial charge in [0.2, 0.25) is 0 Å². The highest BCUT2D eigenvalue weighted by molar-refractivity contribution is 5.89. The summed E-state index contributed by atoms with van der Waals surface area (Å²) in [6.07, 6.45) is 1.90. The summed E-state index contributed by atoms with van der Waals surface area (Å²) in [5.41, 5.74) is 5.31. The second-order valence-corrected chi connectivity index (χ2v) is 5.87. The number of fused-ring (bicyclic) bond motifs is 1. The van der Waals surface area contributed by atoms with Crippen LogP contribution in [0.25, 0.3) is 0 Å². The van der Waals surface area contributed by atoms with Crippen LogP contribution in [0.4, 0.5) is 0 Å². The summed E-state index contributed by atoms with van der Waals surface area (Å²) < 4.78 is 5.68. The lowest BCUT2D eigenvalue weighted by Crippen LogP contribution is -2.80. The highest BCUT2D eigenvalue weighted by atomic mass is 16.7. The number of amides is 1. The van der Waals surface area contributed by atoms with Crippen molar-refractivity contribution in [3.63, 3.8) is 0 Å². The van der Waals surface area contributed by atoms with E-state index in [9.17, 15) is 4.79 Å². The first-order valence-corrected chi connectivity index (χ1v) is 6.35. The smallest absolute Gasteiger partial charge is 0.267 e. The van der Waals surface area contributed by atoms with Gasteiger partial charge in [-0.15, -0.1) is 0 Å². The molecule has 1 saturated carbocycles. The van der Waals surface area contributed by atoms with Crippen molar-refractivity contribution in [1.82, 2.24) is 5.06 Å². The van der Waals surface area contributed by atoms with E-state index in [4.69, 9.17) is 15.3 Å². The topological polar surface area (TPSA) is 64.8 Å². The van der Waals surface area contributed by atoms with Gasteiger partial charge in [0.15, 0.2) is 0 Å². The molecule has 5 heteroatoms. The lowest BCUT2D eigenvalue weighted by molar-refractivity contribution is -0.211. The molecule has 3 aliphatic rings. The van der Waals surface area contributed by atoms with Crippen molar-refractivity contribution in [2.45, 2.75) is 38.3 Å². The van der Waals surface area contributed by atoms with Crippen LogP contribution in [-0.4, -0.2) is 42.4 Å². The standard InChI is InChI=1S/C12H20N2O3/c1-11(2)9-8(4-7-16-9)12(11,13)10(15)14-5-3-6-17-14/h8-9H,3-7,13H2,1-2H3. The number of hydroxylamine groups is 2. The molecule has 0 aromatic heterocycles. The van der Waals surface area contributed by atoms with Gasteiger partial charge < -0.3 is 10.5 Å². The number of nitrogens with two attached hydrogens (primary N) is 1. The van der Waals surface area contributed by atoms with Crippen LogP contribution in [0, 0.1) is 11.3 Å². The molecule has 0 aromatic rings. The Labute approximate surface area is 101 Å². The first-order chi connectivity index (χ1) is 7.99. The quantitative estimate of drug-likeness (QED) is 0.715. The molecular formula is C12H20N2O3. The summed E-state index contributed by atoms with van der Waals surface area (Å²) in [6, 6.07) is 0. The summed E-state index contributed by atoms with van der Waals surface area (Å²) >= 11 is 0. The van der Waals surface area contributed by atoms with Gasteiger partial charge in [-0.1, -0.05) is 13.8 Å². The minimum atomic E-state index is -0.821. The molecule has 3 unspecified atom stereocenters. The Morgan fingerprint density at radius 1 is 1.41 bits per heavy atom. The van der Waals surface area contributed by atoms with E-state index in [2.05, 4.69) is 0 Å². The number of hydrogen-bond donors (Lipinski definition) is 1. The fourth-order valence-electron chi connectivity index (χ4n) is 3.63. The fourth-order valence-corrected chi connectivity index (χ4v) is 3.63. The maximum atomic E-state index is 12.5. The maximum Gasteiger partial charge on any atom is 0.267 e. The third-order valence-electron chi connectivity index (χ3n) is 4.79. The van der Waals surface area contributed by atoms with Crippen LogP contribution in [0.3, 0.4) is 0 Å². The highest BCUT2D eigenvalue weighted by Crippen LogP contribution is 2.58. The van der Waals surface area contributed by atoms with Crippen molar-refractivity contribution in [2.75, 3.05) is 19.8 Å². The van der Waals surface area contributed by atoms with Crippen molar-refractivity contribution in [3.05, 3.63) is 0 Å². The van der Waals surface area contributed by atoms with Gasteiger partial charge in [0.1, 0.15) is 5.54 Å². The third-order valence-corrected chi connectivity index (χ3v) is 4.79. The third kappa shape index (κ3) is 1.22. The van der Waals surface area contributed by atoms with Gasteiger partial charge in [-0.2, -0.15) is 0 Å². The molecule has 96 valence electrons. The molecule has 3 fully saturated rings. The van der Waals surface area contributed by atoms with Crippen LogP contribution >= 0.6 is 0 Å². The Kier molecular flexibility index (Phi) is 2.31. The zero-order valence-electron chi connectivity index (χ0n) is 10.4. The molecule has 2 aliphatic heterocycles. The van der Waals surface area contributed by atoms with Crippen molar-refractivity contribution in [2.24, 2.45) is 17.1 Å². The van der Waals surface area contributed by atoms with E-state index in [-0.39, 0.29) is 23.3 Å². The summed E-state index contributed by atoms with van der Waals surface area (Å²) in [4.78, 5) is 17.9. The number of nitrogens with zero attached hydrogens (tertiary/aromatic N) is 1. The zero-order chi connectivity index (χ0) is 12.3. The molecule has 1 aliphatic carbocycles. The van der Waals surface area contributed by atoms with Gasteiger partial charge in [-0.25, -0.2) is 5.06 Å². The molecule has 0 radical (unpaired) electrons. The largest absolute Gasteiger partial charge is 0.377 e. The predicted molar refractivity (Wildman–Crippen MR) is 60.8 cm³/mol. The number of hydrogen-bond acceptors (Lipinski definition) is 4. The molecule has 0 aromatic carbocycles. The first-order valence-electron chi connectivity index (χ1n) is 6.35. The van der Waals surface area contributed by atoms with Crippen LogP contribution < -0.4 is 5.73 Å². The minimum Gasteiger partial charge on any atom is -0.377 e. The molecule has 3 rings (SSSR count). The monoisotopic (exact) mass is 240 g/mol. The minimum absolute atomic E-state index is 0.0632. The molecule has 3 atom stereocenters. The molecule has 2 heterocycles. The van der Waals surface area contributed by atoms with E-state index in [1.807, 2.05) is 13.8 Å². The average molecular weight is 240 g/mol. The summed E-state index contributed by atoms with van der Waals surface area (Å²) in [6.45, 7) is 6.03. The zero-order valence-corrected chi connectivity index (χ0v) is 10.4. The second kappa shape index (κ2) is 3.43. The number of ether oxygens (including phenoxy) is 1.